The predicted octanol–water partition coefficient (Wildman–Crippen LogP) is 2.49. The van der Waals surface area contributed by atoms with Crippen molar-refractivity contribution >= 4 is 17.7 Å². The van der Waals surface area contributed by atoms with Crippen molar-refractivity contribution < 1.29 is 19.1 Å². The Hall–Kier alpha value is -2.17. The lowest BCUT2D eigenvalue weighted by atomic mass is 9.96. The van der Waals surface area contributed by atoms with Crippen molar-refractivity contribution in [1.82, 2.24) is 5.32 Å². The first-order valence-electron chi connectivity index (χ1n) is 6.99. The van der Waals surface area contributed by atoms with Crippen molar-refractivity contribution in [1.29, 1.82) is 0 Å². The molecule has 1 N–H and O–H groups in total. The molecule has 0 aliphatic rings. The number of carbonyl (C=O) groups excluding carboxylic acids is 3. The lowest BCUT2D eigenvalue weighted by Crippen LogP contribution is -2.31. The van der Waals surface area contributed by atoms with Crippen LogP contribution in [-0.2, 0) is 20.9 Å². The van der Waals surface area contributed by atoms with Crippen LogP contribution in [0.3, 0.4) is 0 Å². The topological polar surface area (TPSA) is 72.5 Å². The highest BCUT2D eigenvalue weighted by Gasteiger charge is 2.16. The average molecular weight is 291 g/mol. The van der Waals surface area contributed by atoms with Gasteiger partial charge in [-0.15, -0.1) is 0 Å². The van der Waals surface area contributed by atoms with E-state index in [-0.39, 0.29) is 37.1 Å². The summed E-state index contributed by atoms with van der Waals surface area (Å²) in [4.78, 5) is 34.4. The number of amides is 1. The van der Waals surface area contributed by atoms with Crippen LogP contribution in [0.5, 0.6) is 0 Å². The third kappa shape index (κ3) is 6.70. The van der Waals surface area contributed by atoms with Gasteiger partial charge in [-0.05, 0) is 18.9 Å². The summed E-state index contributed by atoms with van der Waals surface area (Å²) in [6, 6.07) is 9.27. The molecule has 1 aromatic rings. The SMILES string of the molecule is CCC(CC(=O)CNC(=O)OCc1ccccc1)C(C)=O. The van der Waals surface area contributed by atoms with E-state index >= 15 is 0 Å². The van der Waals surface area contributed by atoms with Gasteiger partial charge in [0.15, 0.2) is 5.78 Å². The summed E-state index contributed by atoms with van der Waals surface area (Å²) in [5.74, 6) is -0.439. The van der Waals surface area contributed by atoms with Gasteiger partial charge < -0.3 is 10.1 Å². The first kappa shape index (κ1) is 16.9. The number of carbonyl (C=O) groups is 3. The Morgan fingerprint density at radius 3 is 2.43 bits per heavy atom. The zero-order valence-electron chi connectivity index (χ0n) is 12.4. The van der Waals surface area contributed by atoms with Gasteiger partial charge in [-0.2, -0.15) is 0 Å². The highest BCUT2D eigenvalue weighted by atomic mass is 16.5. The zero-order chi connectivity index (χ0) is 15.7. The van der Waals surface area contributed by atoms with Crippen LogP contribution in [0.2, 0.25) is 0 Å². The maximum absolute atomic E-state index is 11.7. The molecule has 0 heterocycles. The van der Waals surface area contributed by atoms with E-state index in [0.29, 0.717) is 6.42 Å². The second-order valence-corrected chi connectivity index (χ2v) is 4.87. The highest BCUT2D eigenvalue weighted by Crippen LogP contribution is 2.09. The van der Waals surface area contributed by atoms with E-state index in [4.69, 9.17) is 4.74 Å². The normalized spacial score (nSPS) is 11.5. The van der Waals surface area contributed by atoms with Crippen LogP contribution in [0.4, 0.5) is 4.79 Å². The van der Waals surface area contributed by atoms with E-state index in [1.807, 2.05) is 37.3 Å². The summed E-state index contributed by atoms with van der Waals surface area (Å²) in [6.07, 6.45) is 0.146. The fourth-order valence-corrected chi connectivity index (χ4v) is 1.87. The minimum absolute atomic E-state index is 0.00231. The molecule has 5 nitrogen and oxygen atoms in total. The quantitative estimate of drug-likeness (QED) is 0.798. The molecule has 1 rings (SSSR count). The van der Waals surface area contributed by atoms with Gasteiger partial charge in [-0.1, -0.05) is 37.3 Å². The number of nitrogens with one attached hydrogen (secondary N) is 1. The van der Waals surface area contributed by atoms with E-state index in [1.54, 1.807) is 0 Å². The highest BCUT2D eigenvalue weighted by molar-refractivity contribution is 5.89. The summed E-state index contributed by atoms with van der Waals surface area (Å²) in [5, 5.41) is 2.40. The molecule has 1 aromatic carbocycles. The van der Waals surface area contributed by atoms with Crippen LogP contribution >= 0.6 is 0 Å². The summed E-state index contributed by atoms with van der Waals surface area (Å²) in [7, 11) is 0. The standard InChI is InChI=1S/C16H21NO4/c1-3-14(12(2)18)9-15(19)10-17-16(20)21-11-13-7-5-4-6-8-13/h4-8,14H,3,9-11H2,1-2H3,(H,17,20). The summed E-state index contributed by atoms with van der Waals surface area (Å²) in [6.45, 7) is 3.38. The number of rotatable bonds is 8. The van der Waals surface area contributed by atoms with Crippen LogP contribution in [0.1, 0.15) is 32.3 Å². The minimum atomic E-state index is -0.636. The van der Waals surface area contributed by atoms with E-state index in [9.17, 15) is 14.4 Å². The van der Waals surface area contributed by atoms with E-state index in [2.05, 4.69) is 5.32 Å². The maximum Gasteiger partial charge on any atom is 0.407 e. The Labute approximate surface area is 124 Å². The molecule has 0 saturated heterocycles. The van der Waals surface area contributed by atoms with E-state index < -0.39 is 6.09 Å². The van der Waals surface area contributed by atoms with Crippen LogP contribution in [0.25, 0.3) is 0 Å². The lowest BCUT2D eigenvalue weighted by Gasteiger charge is -2.10. The number of benzene rings is 1. The Kier molecular flexibility index (Phi) is 7.15. The Bertz CT molecular complexity index is 484. The molecule has 0 aliphatic heterocycles. The molecule has 1 atom stereocenters. The van der Waals surface area contributed by atoms with Crippen LogP contribution in [-0.4, -0.2) is 24.2 Å². The van der Waals surface area contributed by atoms with Gasteiger partial charge in [0.25, 0.3) is 0 Å². The van der Waals surface area contributed by atoms with Crippen molar-refractivity contribution in [2.45, 2.75) is 33.3 Å². The Morgan fingerprint density at radius 2 is 1.86 bits per heavy atom. The Morgan fingerprint density at radius 1 is 1.19 bits per heavy atom. The van der Waals surface area contributed by atoms with Crippen molar-refractivity contribution in [3.8, 4) is 0 Å². The second kappa shape index (κ2) is 8.89. The van der Waals surface area contributed by atoms with Gasteiger partial charge in [0.2, 0.25) is 0 Å². The van der Waals surface area contributed by atoms with E-state index in [0.717, 1.165) is 5.56 Å². The largest absolute Gasteiger partial charge is 0.445 e. The van der Waals surface area contributed by atoms with Crippen molar-refractivity contribution in [2.24, 2.45) is 5.92 Å². The fourth-order valence-electron chi connectivity index (χ4n) is 1.87. The first-order valence-corrected chi connectivity index (χ1v) is 6.99. The van der Waals surface area contributed by atoms with Gasteiger partial charge >= 0.3 is 6.09 Å². The molecule has 1 unspecified atom stereocenters. The molecule has 5 heteroatoms. The molecule has 0 saturated carbocycles. The molecule has 0 spiro atoms. The second-order valence-electron chi connectivity index (χ2n) is 4.87. The zero-order valence-corrected chi connectivity index (χ0v) is 12.4. The number of hydrogen-bond acceptors (Lipinski definition) is 4. The Balaban J connectivity index is 2.26. The molecule has 0 bridgehead atoms. The molecule has 114 valence electrons. The number of alkyl carbamates (subject to hydrolysis) is 1. The minimum Gasteiger partial charge on any atom is -0.445 e. The fraction of sp³-hybridized carbons (Fsp3) is 0.438. The number of hydrogen-bond donors (Lipinski definition) is 1. The first-order chi connectivity index (χ1) is 10.0. The number of Topliss-reactive ketones (excluding diaryl/α,β-unsaturated/α-hetero) is 2. The smallest absolute Gasteiger partial charge is 0.407 e. The van der Waals surface area contributed by atoms with Gasteiger partial charge in [0, 0.05) is 12.3 Å². The van der Waals surface area contributed by atoms with Gasteiger partial charge in [0.1, 0.15) is 12.4 Å². The summed E-state index contributed by atoms with van der Waals surface area (Å²) >= 11 is 0. The van der Waals surface area contributed by atoms with Crippen molar-refractivity contribution in [3.05, 3.63) is 35.9 Å². The predicted molar refractivity (Wildman–Crippen MR) is 78.7 cm³/mol. The van der Waals surface area contributed by atoms with Crippen LogP contribution in [0.15, 0.2) is 30.3 Å². The van der Waals surface area contributed by atoms with Crippen molar-refractivity contribution in [3.63, 3.8) is 0 Å². The summed E-state index contributed by atoms with van der Waals surface area (Å²) < 4.78 is 4.99. The molecule has 0 fully saturated rings. The third-order valence-electron chi connectivity index (χ3n) is 3.18. The molecule has 0 radical (unpaired) electrons. The maximum atomic E-state index is 11.7. The molecule has 0 aliphatic carbocycles. The van der Waals surface area contributed by atoms with Crippen LogP contribution in [0, 0.1) is 5.92 Å². The average Bonchev–Trinajstić information content (AvgIpc) is 2.49. The molecule has 1 amide bonds. The number of ketones is 2. The number of ether oxygens (including phenoxy) is 1. The molecular weight excluding hydrogens is 270 g/mol. The summed E-state index contributed by atoms with van der Waals surface area (Å²) in [5.41, 5.74) is 0.876. The molecular formula is C16H21NO4. The van der Waals surface area contributed by atoms with Crippen LogP contribution < -0.4 is 5.32 Å². The van der Waals surface area contributed by atoms with Gasteiger partial charge in [-0.25, -0.2) is 4.79 Å². The molecule has 0 aromatic heterocycles. The van der Waals surface area contributed by atoms with Gasteiger partial charge in [0.05, 0.1) is 6.54 Å². The van der Waals surface area contributed by atoms with Crippen molar-refractivity contribution in [2.75, 3.05) is 6.54 Å². The lowest BCUT2D eigenvalue weighted by molar-refractivity contribution is -0.126. The monoisotopic (exact) mass is 291 g/mol. The van der Waals surface area contributed by atoms with Gasteiger partial charge in [-0.3, -0.25) is 9.59 Å². The molecule has 21 heavy (non-hydrogen) atoms. The van der Waals surface area contributed by atoms with E-state index in [1.165, 1.54) is 6.92 Å². The third-order valence-corrected chi connectivity index (χ3v) is 3.18.